The summed E-state index contributed by atoms with van der Waals surface area (Å²) in [4.78, 5) is 25.4. The molecule has 3 aromatic rings. The van der Waals surface area contributed by atoms with Crippen LogP contribution in [0.1, 0.15) is 17.0 Å². The van der Waals surface area contributed by atoms with E-state index in [-0.39, 0.29) is 5.91 Å². The molecule has 0 radical (unpaired) electrons. The summed E-state index contributed by atoms with van der Waals surface area (Å²) in [6.07, 6.45) is 3.48. The second-order valence-corrected chi connectivity index (χ2v) is 8.30. The number of anilines is 1. The molecule has 30 heavy (non-hydrogen) atoms. The average Bonchev–Trinajstić information content (AvgIpc) is 3.14. The molecule has 0 unspecified atom stereocenters. The summed E-state index contributed by atoms with van der Waals surface area (Å²) in [5.74, 6) is 1.98. The Labute approximate surface area is 180 Å². The van der Waals surface area contributed by atoms with Gasteiger partial charge >= 0.3 is 0 Å². The molecule has 0 atom stereocenters. The molecule has 3 heterocycles. The lowest BCUT2D eigenvalue weighted by Gasteiger charge is -2.34. The Morgan fingerprint density at radius 2 is 1.77 bits per heavy atom. The molecule has 156 valence electrons. The number of carbonyl (C=O) groups excluding carboxylic acids is 1. The molecule has 8 nitrogen and oxygen atoms in total. The van der Waals surface area contributed by atoms with Crippen molar-refractivity contribution in [2.75, 3.05) is 36.8 Å². The molecule has 4 rings (SSSR count). The number of nitrogens with zero attached hydrogens (tertiary/aromatic N) is 7. The lowest BCUT2D eigenvalue weighted by atomic mass is 10.1. The molecule has 1 aliphatic heterocycles. The number of hydrogen-bond acceptors (Lipinski definition) is 7. The van der Waals surface area contributed by atoms with Gasteiger partial charge in [-0.2, -0.15) is 0 Å². The van der Waals surface area contributed by atoms with Crippen molar-refractivity contribution in [2.24, 2.45) is 0 Å². The first-order valence-electron chi connectivity index (χ1n) is 9.95. The number of piperazine rings is 1. The van der Waals surface area contributed by atoms with Gasteiger partial charge in [0.15, 0.2) is 5.16 Å². The van der Waals surface area contributed by atoms with Crippen LogP contribution >= 0.6 is 11.8 Å². The van der Waals surface area contributed by atoms with Crippen molar-refractivity contribution in [3.05, 3.63) is 53.6 Å². The van der Waals surface area contributed by atoms with Crippen LogP contribution in [0.5, 0.6) is 0 Å². The summed E-state index contributed by atoms with van der Waals surface area (Å²) in [6, 6.07) is 8.12. The summed E-state index contributed by atoms with van der Waals surface area (Å²) < 4.78 is 2.03. The first-order chi connectivity index (χ1) is 14.5. The van der Waals surface area contributed by atoms with E-state index in [1.54, 1.807) is 18.5 Å². The van der Waals surface area contributed by atoms with Gasteiger partial charge < -0.3 is 9.80 Å². The zero-order valence-electron chi connectivity index (χ0n) is 17.4. The minimum atomic E-state index is 0.113. The van der Waals surface area contributed by atoms with Crippen LogP contribution in [0, 0.1) is 20.8 Å². The van der Waals surface area contributed by atoms with Gasteiger partial charge in [0.1, 0.15) is 5.82 Å². The predicted molar refractivity (Wildman–Crippen MR) is 117 cm³/mol. The van der Waals surface area contributed by atoms with Crippen LogP contribution in [0.25, 0.3) is 5.69 Å². The molecule has 2 aromatic heterocycles. The maximum atomic E-state index is 12.8. The molecule has 1 aliphatic rings. The van der Waals surface area contributed by atoms with Crippen LogP contribution < -0.4 is 4.90 Å². The van der Waals surface area contributed by atoms with E-state index in [1.165, 1.54) is 17.3 Å². The monoisotopic (exact) mass is 423 g/mol. The molecule has 0 saturated carbocycles. The Hall–Kier alpha value is -2.94. The molecule has 0 aliphatic carbocycles. The van der Waals surface area contributed by atoms with E-state index in [9.17, 15) is 4.79 Å². The third kappa shape index (κ3) is 4.30. The number of benzene rings is 1. The Bertz CT molecular complexity index is 1030. The van der Waals surface area contributed by atoms with Crippen molar-refractivity contribution in [3.8, 4) is 5.69 Å². The first-order valence-corrected chi connectivity index (χ1v) is 10.9. The van der Waals surface area contributed by atoms with Crippen LogP contribution in [0.15, 0.2) is 41.8 Å². The van der Waals surface area contributed by atoms with Crippen molar-refractivity contribution in [1.29, 1.82) is 0 Å². The molecule has 0 spiro atoms. The molecular formula is C21H25N7OS. The van der Waals surface area contributed by atoms with Crippen molar-refractivity contribution >= 4 is 23.6 Å². The largest absolute Gasteiger partial charge is 0.338 e. The summed E-state index contributed by atoms with van der Waals surface area (Å²) in [5.41, 5.74) is 3.39. The summed E-state index contributed by atoms with van der Waals surface area (Å²) in [7, 11) is 0. The van der Waals surface area contributed by atoms with Crippen LogP contribution in [0.4, 0.5) is 5.95 Å². The Morgan fingerprint density at radius 1 is 1.03 bits per heavy atom. The highest BCUT2D eigenvalue weighted by Crippen LogP contribution is 2.25. The average molecular weight is 424 g/mol. The van der Waals surface area contributed by atoms with E-state index in [4.69, 9.17) is 0 Å². The SMILES string of the molecule is Cc1ccc(C)c(-n2c(C)nnc2SCC(=O)N2CCN(c3ncccn3)CC2)c1. The number of aryl methyl sites for hydroxylation is 3. The van der Waals surface area contributed by atoms with E-state index in [2.05, 4.69) is 57.1 Å². The minimum absolute atomic E-state index is 0.113. The number of hydrogen-bond donors (Lipinski definition) is 0. The lowest BCUT2D eigenvalue weighted by Crippen LogP contribution is -2.49. The van der Waals surface area contributed by atoms with Gasteiger partial charge in [0.2, 0.25) is 11.9 Å². The summed E-state index contributed by atoms with van der Waals surface area (Å²) >= 11 is 1.44. The van der Waals surface area contributed by atoms with Crippen LogP contribution in [0.3, 0.4) is 0 Å². The predicted octanol–water partition coefficient (Wildman–Crippen LogP) is 2.42. The standard InChI is InChI=1S/C21H25N7OS/c1-15-5-6-16(2)18(13-15)28-17(3)24-25-21(28)30-14-19(29)26-9-11-27(12-10-26)20-22-7-4-8-23-20/h4-8,13H,9-12,14H2,1-3H3. The Morgan fingerprint density at radius 3 is 2.50 bits per heavy atom. The van der Waals surface area contributed by atoms with Gasteiger partial charge in [-0.3, -0.25) is 9.36 Å². The highest BCUT2D eigenvalue weighted by atomic mass is 32.2. The van der Waals surface area contributed by atoms with E-state index < -0.39 is 0 Å². The highest BCUT2D eigenvalue weighted by molar-refractivity contribution is 7.99. The number of aromatic nitrogens is 5. The zero-order chi connectivity index (χ0) is 21.1. The van der Waals surface area contributed by atoms with E-state index in [0.29, 0.717) is 18.8 Å². The van der Waals surface area contributed by atoms with Crippen molar-refractivity contribution in [3.63, 3.8) is 0 Å². The smallest absolute Gasteiger partial charge is 0.233 e. The zero-order valence-corrected chi connectivity index (χ0v) is 18.3. The third-order valence-corrected chi connectivity index (χ3v) is 6.11. The topological polar surface area (TPSA) is 80.0 Å². The van der Waals surface area contributed by atoms with Gasteiger partial charge in [-0.15, -0.1) is 10.2 Å². The number of rotatable bonds is 5. The van der Waals surface area contributed by atoms with Gasteiger partial charge in [0.25, 0.3) is 0 Å². The fraction of sp³-hybridized carbons (Fsp3) is 0.381. The quantitative estimate of drug-likeness (QED) is 0.583. The fourth-order valence-corrected chi connectivity index (χ4v) is 4.40. The Balaban J connectivity index is 1.39. The third-order valence-electron chi connectivity index (χ3n) is 5.19. The second kappa shape index (κ2) is 8.83. The molecular weight excluding hydrogens is 398 g/mol. The van der Waals surface area contributed by atoms with E-state index >= 15 is 0 Å². The molecule has 0 bridgehead atoms. The summed E-state index contributed by atoms with van der Waals surface area (Å²) in [5, 5.41) is 9.30. The lowest BCUT2D eigenvalue weighted by molar-refractivity contribution is -0.128. The van der Waals surface area contributed by atoms with Crippen LogP contribution in [-0.4, -0.2) is 67.5 Å². The van der Waals surface area contributed by atoms with Gasteiger partial charge in [0.05, 0.1) is 11.4 Å². The molecule has 1 aromatic carbocycles. The maximum absolute atomic E-state index is 12.8. The van der Waals surface area contributed by atoms with Gasteiger partial charge in [-0.25, -0.2) is 9.97 Å². The van der Waals surface area contributed by atoms with E-state index in [1.807, 2.05) is 16.4 Å². The number of carbonyl (C=O) groups is 1. The second-order valence-electron chi connectivity index (χ2n) is 7.36. The molecule has 0 N–H and O–H groups in total. The molecule has 9 heteroatoms. The Kier molecular flexibility index (Phi) is 5.98. The summed E-state index contributed by atoms with van der Waals surface area (Å²) in [6.45, 7) is 8.88. The van der Waals surface area contributed by atoms with Crippen molar-refractivity contribution in [2.45, 2.75) is 25.9 Å². The maximum Gasteiger partial charge on any atom is 0.233 e. The number of amides is 1. The van der Waals surface area contributed by atoms with Gasteiger partial charge in [-0.1, -0.05) is 23.9 Å². The molecule has 1 fully saturated rings. The highest BCUT2D eigenvalue weighted by Gasteiger charge is 2.23. The van der Waals surface area contributed by atoms with E-state index in [0.717, 1.165) is 41.3 Å². The normalized spacial score (nSPS) is 14.2. The fourth-order valence-electron chi connectivity index (χ4n) is 3.50. The van der Waals surface area contributed by atoms with Gasteiger partial charge in [0, 0.05) is 38.6 Å². The minimum Gasteiger partial charge on any atom is -0.338 e. The first kappa shape index (κ1) is 20.3. The van der Waals surface area contributed by atoms with Crippen LogP contribution in [0.2, 0.25) is 0 Å². The molecule has 1 amide bonds. The number of thioether (sulfide) groups is 1. The van der Waals surface area contributed by atoms with Crippen molar-refractivity contribution in [1.82, 2.24) is 29.6 Å². The van der Waals surface area contributed by atoms with Crippen LogP contribution in [-0.2, 0) is 4.79 Å². The van der Waals surface area contributed by atoms with Gasteiger partial charge in [-0.05, 0) is 44.0 Å². The molecule has 1 saturated heterocycles. The van der Waals surface area contributed by atoms with Crippen molar-refractivity contribution < 1.29 is 4.79 Å².